The van der Waals surface area contributed by atoms with Crippen LogP contribution in [0.5, 0.6) is 0 Å². The summed E-state index contributed by atoms with van der Waals surface area (Å²) in [4.78, 5) is 12.1. The van der Waals surface area contributed by atoms with Crippen molar-refractivity contribution in [3.05, 3.63) is 66.0 Å². The second-order valence-electron chi connectivity index (χ2n) is 5.94. The molecule has 154 valence electrons. The first-order valence-corrected chi connectivity index (χ1v) is 10.2. The van der Waals surface area contributed by atoms with Crippen molar-refractivity contribution in [2.24, 2.45) is 0 Å². The van der Waals surface area contributed by atoms with Gasteiger partial charge in [0.15, 0.2) is 0 Å². The van der Waals surface area contributed by atoms with Gasteiger partial charge in [0, 0.05) is 13.1 Å². The van der Waals surface area contributed by atoms with Crippen LogP contribution in [0.4, 0.5) is 4.39 Å². The van der Waals surface area contributed by atoms with Crippen LogP contribution in [0.2, 0.25) is 0 Å². The molecule has 2 rings (SSSR count). The molecule has 0 fully saturated rings. The van der Waals surface area contributed by atoms with Gasteiger partial charge in [-0.25, -0.2) is 12.8 Å². The van der Waals surface area contributed by atoms with Gasteiger partial charge < -0.3 is 10.6 Å². The maximum Gasteiger partial charge on any atom is 0.244 e. The van der Waals surface area contributed by atoms with E-state index in [0.29, 0.717) is 13.1 Å². The molecule has 2 aromatic carbocycles. The Kier molecular flexibility index (Phi) is 10.1. The summed E-state index contributed by atoms with van der Waals surface area (Å²) >= 11 is 0. The summed E-state index contributed by atoms with van der Waals surface area (Å²) in [6.07, 6.45) is 0.154. The van der Waals surface area contributed by atoms with Crippen LogP contribution in [0.3, 0.4) is 0 Å². The van der Waals surface area contributed by atoms with Crippen molar-refractivity contribution in [1.82, 2.24) is 15.4 Å². The van der Waals surface area contributed by atoms with Gasteiger partial charge in [0.1, 0.15) is 16.8 Å². The highest BCUT2D eigenvalue weighted by atomic mass is 35.5. The Morgan fingerprint density at radius 1 is 1.04 bits per heavy atom. The fourth-order valence-electron chi connectivity index (χ4n) is 2.53. The smallest absolute Gasteiger partial charge is 0.244 e. The van der Waals surface area contributed by atoms with Crippen molar-refractivity contribution < 1.29 is 17.6 Å². The zero-order valence-electron chi connectivity index (χ0n) is 15.5. The average molecular weight is 430 g/mol. The predicted molar refractivity (Wildman–Crippen MR) is 109 cm³/mol. The number of benzene rings is 2. The number of likely N-dealkylation sites (N-methyl/N-ethyl adjacent to an activating group) is 1. The highest BCUT2D eigenvalue weighted by molar-refractivity contribution is 7.89. The Hall–Kier alpha value is -2.00. The molecule has 9 heteroatoms. The summed E-state index contributed by atoms with van der Waals surface area (Å²) in [5, 5.41) is 5.78. The van der Waals surface area contributed by atoms with E-state index in [1.807, 2.05) is 13.0 Å². The van der Waals surface area contributed by atoms with E-state index in [1.165, 1.54) is 18.2 Å². The number of rotatable bonds is 10. The van der Waals surface area contributed by atoms with E-state index in [2.05, 4.69) is 15.4 Å². The number of amides is 1. The largest absolute Gasteiger partial charge is 0.353 e. The summed E-state index contributed by atoms with van der Waals surface area (Å²) in [5.74, 6) is -1.33. The van der Waals surface area contributed by atoms with E-state index >= 15 is 0 Å². The first kappa shape index (κ1) is 24.0. The van der Waals surface area contributed by atoms with E-state index in [-0.39, 0.29) is 18.8 Å². The molecule has 0 aliphatic carbocycles. The Balaban J connectivity index is 0.00000392. The first-order valence-electron chi connectivity index (χ1n) is 8.73. The first-order chi connectivity index (χ1) is 12.9. The van der Waals surface area contributed by atoms with Crippen LogP contribution in [-0.2, 0) is 21.2 Å². The summed E-state index contributed by atoms with van der Waals surface area (Å²) in [6, 6.07) is 13.1. The number of hydrogen-bond acceptors (Lipinski definition) is 4. The van der Waals surface area contributed by atoms with Gasteiger partial charge in [0.2, 0.25) is 15.9 Å². The van der Waals surface area contributed by atoms with E-state index in [1.54, 1.807) is 24.3 Å². The Morgan fingerprint density at radius 3 is 2.32 bits per heavy atom. The van der Waals surface area contributed by atoms with Crippen molar-refractivity contribution in [2.75, 3.05) is 19.6 Å². The lowest BCUT2D eigenvalue weighted by Crippen LogP contribution is -2.49. The molecule has 1 unspecified atom stereocenters. The molecule has 3 N–H and O–H groups in total. The zero-order chi connectivity index (χ0) is 19.7. The molecule has 6 nitrogen and oxygen atoms in total. The number of hydrogen-bond donors (Lipinski definition) is 3. The lowest BCUT2D eigenvalue weighted by molar-refractivity contribution is -0.122. The minimum Gasteiger partial charge on any atom is -0.353 e. The maximum absolute atomic E-state index is 13.9. The molecule has 1 atom stereocenters. The van der Waals surface area contributed by atoms with Gasteiger partial charge >= 0.3 is 0 Å². The molecule has 0 spiro atoms. The number of halogens is 2. The SMILES string of the molecule is CCNCCNC(=O)C(Cc1ccccc1)NS(=O)(=O)c1ccccc1F.Cl. The summed E-state index contributed by atoms with van der Waals surface area (Å²) in [6.45, 7) is 3.64. The Labute approximate surface area is 171 Å². The molecular formula is C19H25ClFN3O3S. The molecule has 0 aliphatic heterocycles. The molecule has 2 aromatic rings. The van der Waals surface area contributed by atoms with Crippen LogP contribution in [0, 0.1) is 5.82 Å². The van der Waals surface area contributed by atoms with Gasteiger partial charge in [-0.1, -0.05) is 49.4 Å². The summed E-state index contributed by atoms with van der Waals surface area (Å²) in [7, 11) is -4.19. The van der Waals surface area contributed by atoms with Crippen molar-refractivity contribution in [2.45, 2.75) is 24.3 Å². The third kappa shape index (κ3) is 7.20. The van der Waals surface area contributed by atoms with E-state index in [9.17, 15) is 17.6 Å². The molecule has 0 saturated heterocycles. The Morgan fingerprint density at radius 2 is 1.68 bits per heavy atom. The second kappa shape index (κ2) is 11.8. The lowest BCUT2D eigenvalue weighted by atomic mass is 10.1. The minimum atomic E-state index is -4.19. The van der Waals surface area contributed by atoms with Crippen molar-refractivity contribution >= 4 is 28.3 Å². The van der Waals surface area contributed by atoms with E-state index < -0.39 is 32.7 Å². The van der Waals surface area contributed by atoms with Gasteiger partial charge in [-0.15, -0.1) is 12.4 Å². The second-order valence-corrected chi connectivity index (χ2v) is 7.62. The third-order valence-electron chi connectivity index (χ3n) is 3.87. The molecule has 0 aliphatic rings. The zero-order valence-corrected chi connectivity index (χ0v) is 17.2. The van der Waals surface area contributed by atoms with Crippen LogP contribution in [0.1, 0.15) is 12.5 Å². The quantitative estimate of drug-likeness (QED) is 0.503. The molecule has 0 bridgehead atoms. The molecule has 0 heterocycles. The molecule has 0 radical (unpaired) electrons. The van der Waals surface area contributed by atoms with Crippen LogP contribution in [0.25, 0.3) is 0 Å². The maximum atomic E-state index is 13.9. The Bertz CT molecular complexity index is 851. The summed E-state index contributed by atoms with van der Waals surface area (Å²) < 4.78 is 41.4. The predicted octanol–water partition coefficient (Wildman–Crippen LogP) is 1.86. The molecule has 0 saturated carbocycles. The van der Waals surface area contributed by atoms with Gasteiger partial charge in [-0.05, 0) is 30.7 Å². The normalized spacial score (nSPS) is 12.1. The molecule has 28 heavy (non-hydrogen) atoms. The van der Waals surface area contributed by atoms with Crippen LogP contribution < -0.4 is 15.4 Å². The van der Waals surface area contributed by atoms with Crippen LogP contribution in [-0.4, -0.2) is 40.0 Å². The van der Waals surface area contributed by atoms with E-state index in [0.717, 1.165) is 18.2 Å². The highest BCUT2D eigenvalue weighted by Gasteiger charge is 2.27. The lowest BCUT2D eigenvalue weighted by Gasteiger charge is -2.19. The number of carbonyl (C=O) groups is 1. The number of nitrogens with one attached hydrogen (secondary N) is 3. The topological polar surface area (TPSA) is 87.3 Å². The molecule has 0 aromatic heterocycles. The van der Waals surface area contributed by atoms with Crippen LogP contribution in [0.15, 0.2) is 59.5 Å². The number of sulfonamides is 1. The van der Waals surface area contributed by atoms with Crippen LogP contribution >= 0.6 is 12.4 Å². The molecular weight excluding hydrogens is 405 g/mol. The number of carbonyl (C=O) groups excluding carboxylic acids is 1. The summed E-state index contributed by atoms with van der Waals surface area (Å²) in [5.41, 5.74) is 0.792. The van der Waals surface area contributed by atoms with Crippen molar-refractivity contribution in [3.8, 4) is 0 Å². The van der Waals surface area contributed by atoms with Crippen molar-refractivity contribution in [3.63, 3.8) is 0 Å². The van der Waals surface area contributed by atoms with Gasteiger partial charge in [-0.2, -0.15) is 4.72 Å². The third-order valence-corrected chi connectivity index (χ3v) is 5.38. The van der Waals surface area contributed by atoms with E-state index in [4.69, 9.17) is 0 Å². The van der Waals surface area contributed by atoms with Gasteiger partial charge in [-0.3, -0.25) is 4.79 Å². The molecule has 1 amide bonds. The monoisotopic (exact) mass is 429 g/mol. The fourth-order valence-corrected chi connectivity index (χ4v) is 3.80. The average Bonchev–Trinajstić information content (AvgIpc) is 2.65. The standard InChI is InChI=1S/C19H24FN3O3S.ClH/c1-2-21-12-13-22-19(24)17(14-15-8-4-3-5-9-15)23-27(25,26)18-11-7-6-10-16(18)20;/h3-11,17,21,23H,2,12-14H2,1H3,(H,22,24);1H. The van der Waals surface area contributed by atoms with Gasteiger partial charge in [0.25, 0.3) is 0 Å². The fraction of sp³-hybridized carbons (Fsp3) is 0.316. The van der Waals surface area contributed by atoms with Gasteiger partial charge in [0.05, 0.1) is 0 Å². The minimum absolute atomic E-state index is 0. The van der Waals surface area contributed by atoms with Crippen molar-refractivity contribution in [1.29, 1.82) is 0 Å². The highest BCUT2D eigenvalue weighted by Crippen LogP contribution is 2.15.